The molecule has 3 nitrogen and oxygen atoms in total. The molecule has 1 unspecified atom stereocenters. The van der Waals surface area contributed by atoms with Crippen molar-refractivity contribution in [3.05, 3.63) is 65.4 Å². The van der Waals surface area contributed by atoms with Crippen molar-refractivity contribution >= 4 is 10.9 Å². The SMILES string of the molecule is Cc1c(C(CN)Cc2cccc(O)c2)c2ccccc2n1C. The Hall–Kier alpha value is -2.26. The number of phenolic OH excluding ortho intramolecular Hbond substituents is 1. The number of rotatable bonds is 4. The summed E-state index contributed by atoms with van der Waals surface area (Å²) in [5, 5.41) is 10.9. The first-order chi connectivity index (χ1) is 10.6. The maximum atomic E-state index is 9.66. The molecule has 3 heteroatoms. The van der Waals surface area contributed by atoms with Gasteiger partial charge in [-0.2, -0.15) is 0 Å². The molecule has 2 aromatic carbocycles. The van der Waals surface area contributed by atoms with Crippen LogP contribution in [-0.2, 0) is 13.5 Å². The molecule has 3 N–H and O–H groups in total. The van der Waals surface area contributed by atoms with Gasteiger partial charge in [-0.3, -0.25) is 0 Å². The van der Waals surface area contributed by atoms with Crippen LogP contribution in [0.5, 0.6) is 5.75 Å². The number of benzene rings is 2. The van der Waals surface area contributed by atoms with Crippen LogP contribution in [0.3, 0.4) is 0 Å². The number of aromatic nitrogens is 1. The molecule has 0 aliphatic carbocycles. The largest absolute Gasteiger partial charge is 0.508 e. The van der Waals surface area contributed by atoms with Crippen molar-refractivity contribution in [3.8, 4) is 5.75 Å². The molecule has 0 amide bonds. The summed E-state index contributed by atoms with van der Waals surface area (Å²) in [6, 6.07) is 15.9. The van der Waals surface area contributed by atoms with Crippen molar-refractivity contribution in [2.45, 2.75) is 19.3 Å². The second-order valence-corrected chi connectivity index (χ2v) is 5.88. The second-order valence-electron chi connectivity index (χ2n) is 5.88. The zero-order chi connectivity index (χ0) is 15.7. The predicted octanol–water partition coefficient (Wildman–Crippen LogP) is 3.48. The number of fused-ring (bicyclic) bond motifs is 1. The normalized spacial score (nSPS) is 12.7. The molecule has 0 spiro atoms. The summed E-state index contributed by atoms with van der Waals surface area (Å²) in [5.41, 5.74) is 11.0. The van der Waals surface area contributed by atoms with Gasteiger partial charge in [-0.1, -0.05) is 30.3 Å². The average Bonchev–Trinajstić information content (AvgIpc) is 2.77. The van der Waals surface area contributed by atoms with E-state index >= 15 is 0 Å². The number of hydrogen-bond acceptors (Lipinski definition) is 2. The van der Waals surface area contributed by atoms with Gasteiger partial charge in [0.2, 0.25) is 0 Å². The van der Waals surface area contributed by atoms with E-state index in [0.717, 1.165) is 12.0 Å². The van der Waals surface area contributed by atoms with Crippen molar-refractivity contribution in [2.75, 3.05) is 6.54 Å². The summed E-state index contributed by atoms with van der Waals surface area (Å²) in [5.74, 6) is 0.552. The van der Waals surface area contributed by atoms with E-state index in [9.17, 15) is 5.11 Å². The van der Waals surface area contributed by atoms with Crippen LogP contribution >= 0.6 is 0 Å². The van der Waals surface area contributed by atoms with Crippen LogP contribution in [0, 0.1) is 6.92 Å². The first-order valence-corrected chi connectivity index (χ1v) is 7.63. The molecule has 3 aromatic rings. The van der Waals surface area contributed by atoms with Crippen molar-refractivity contribution in [1.29, 1.82) is 0 Å². The quantitative estimate of drug-likeness (QED) is 0.774. The highest BCUT2D eigenvalue weighted by atomic mass is 16.3. The van der Waals surface area contributed by atoms with Gasteiger partial charge in [-0.15, -0.1) is 0 Å². The van der Waals surface area contributed by atoms with Crippen LogP contribution in [0.1, 0.15) is 22.7 Å². The summed E-state index contributed by atoms with van der Waals surface area (Å²) in [7, 11) is 2.10. The molecule has 114 valence electrons. The Labute approximate surface area is 131 Å². The summed E-state index contributed by atoms with van der Waals surface area (Å²) >= 11 is 0. The lowest BCUT2D eigenvalue weighted by Crippen LogP contribution is -2.16. The average molecular weight is 294 g/mol. The highest BCUT2D eigenvalue weighted by Gasteiger charge is 2.20. The minimum Gasteiger partial charge on any atom is -0.508 e. The van der Waals surface area contributed by atoms with Crippen LogP contribution in [0.4, 0.5) is 0 Å². The Bertz CT molecular complexity index is 804. The molecule has 0 bridgehead atoms. The molecule has 22 heavy (non-hydrogen) atoms. The molecule has 0 fully saturated rings. The molecular weight excluding hydrogens is 272 g/mol. The second kappa shape index (κ2) is 5.85. The van der Waals surface area contributed by atoms with Crippen molar-refractivity contribution < 1.29 is 5.11 Å². The van der Waals surface area contributed by atoms with Crippen molar-refractivity contribution in [1.82, 2.24) is 4.57 Å². The lowest BCUT2D eigenvalue weighted by molar-refractivity contribution is 0.474. The highest BCUT2D eigenvalue weighted by Crippen LogP contribution is 2.33. The summed E-state index contributed by atoms with van der Waals surface area (Å²) in [4.78, 5) is 0. The molecule has 1 aromatic heterocycles. The van der Waals surface area contributed by atoms with E-state index in [1.807, 2.05) is 18.2 Å². The smallest absolute Gasteiger partial charge is 0.115 e. The van der Waals surface area contributed by atoms with E-state index < -0.39 is 0 Å². The van der Waals surface area contributed by atoms with E-state index in [1.54, 1.807) is 6.07 Å². The van der Waals surface area contributed by atoms with Gasteiger partial charge in [-0.25, -0.2) is 0 Å². The van der Waals surface area contributed by atoms with Crippen molar-refractivity contribution in [3.63, 3.8) is 0 Å². The fourth-order valence-electron chi connectivity index (χ4n) is 3.34. The molecule has 0 aliphatic rings. The predicted molar refractivity (Wildman–Crippen MR) is 91.3 cm³/mol. The van der Waals surface area contributed by atoms with E-state index in [-0.39, 0.29) is 5.92 Å². The van der Waals surface area contributed by atoms with E-state index in [0.29, 0.717) is 12.3 Å². The fourth-order valence-corrected chi connectivity index (χ4v) is 3.34. The number of aromatic hydroxyl groups is 1. The number of phenols is 1. The van der Waals surface area contributed by atoms with E-state index in [4.69, 9.17) is 5.73 Å². The summed E-state index contributed by atoms with van der Waals surface area (Å²) in [6.07, 6.45) is 0.833. The monoisotopic (exact) mass is 294 g/mol. The maximum absolute atomic E-state index is 9.66. The Morgan fingerprint density at radius 3 is 2.64 bits per heavy atom. The molecular formula is C19H22N2O. The molecule has 3 rings (SSSR count). The third kappa shape index (κ3) is 2.48. The van der Waals surface area contributed by atoms with Gasteiger partial charge in [0.15, 0.2) is 0 Å². The zero-order valence-electron chi connectivity index (χ0n) is 13.1. The molecule has 0 saturated carbocycles. The molecule has 1 atom stereocenters. The topological polar surface area (TPSA) is 51.2 Å². The van der Waals surface area contributed by atoms with Crippen LogP contribution in [0.15, 0.2) is 48.5 Å². The number of nitrogens with two attached hydrogens (primary N) is 1. The number of nitrogens with zero attached hydrogens (tertiary/aromatic N) is 1. The first-order valence-electron chi connectivity index (χ1n) is 7.63. The standard InChI is InChI=1S/C19H22N2O/c1-13-19(17-8-3-4-9-18(17)21(13)2)15(12-20)10-14-6-5-7-16(22)11-14/h3-9,11,15,22H,10,12,20H2,1-2H3. The minimum atomic E-state index is 0.243. The summed E-state index contributed by atoms with van der Waals surface area (Å²) < 4.78 is 2.23. The minimum absolute atomic E-state index is 0.243. The van der Waals surface area contributed by atoms with Crippen LogP contribution in [0.2, 0.25) is 0 Å². The maximum Gasteiger partial charge on any atom is 0.115 e. The highest BCUT2D eigenvalue weighted by molar-refractivity contribution is 5.86. The van der Waals surface area contributed by atoms with Gasteiger partial charge in [0.05, 0.1) is 0 Å². The van der Waals surface area contributed by atoms with Gasteiger partial charge in [0, 0.05) is 29.6 Å². The van der Waals surface area contributed by atoms with E-state index in [1.165, 1.54) is 22.2 Å². The zero-order valence-corrected chi connectivity index (χ0v) is 13.1. The van der Waals surface area contributed by atoms with Gasteiger partial charge in [-0.05, 0) is 49.2 Å². The van der Waals surface area contributed by atoms with Crippen LogP contribution < -0.4 is 5.73 Å². The van der Waals surface area contributed by atoms with E-state index in [2.05, 4.69) is 42.8 Å². The molecule has 0 aliphatic heterocycles. The first kappa shape index (κ1) is 14.7. The fraction of sp³-hybridized carbons (Fsp3) is 0.263. The molecule has 0 saturated heterocycles. The Kier molecular flexibility index (Phi) is 3.90. The molecule has 1 heterocycles. The Morgan fingerprint density at radius 2 is 1.91 bits per heavy atom. The lowest BCUT2D eigenvalue weighted by Gasteiger charge is -2.16. The Morgan fingerprint density at radius 1 is 1.14 bits per heavy atom. The third-order valence-corrected chi connectivity index (χ3v) is 4.53. The summed E-state index contributed by atoms with van der Waals surface area (Å²) in [6.45, 7) is 2.74. The Balaban J connectivity index is 2.06. The van der Waals surface area contributed by atoms with Gasteiger partial charge >= 0.3 is 0 Å². The number of hydrogen-bond donors (Lipinski definition) is 2. The third-order valence-electron chi connectivity index (χ3n) is 4.53. The van der Waals surface area contributed by atoms with Gasteiger partial charge in [0.1, 0.15) is 5.75 Å². The number of para-hydroxylation sites is 1. The lowest BCUT2D eigenvalue weighted by atomic mass is 9.90. The van der Waals surface area contributed by atoms with Crippen LogP contribution in [-0.4, -0.2) is 16.2 Å². The number of aryl methyl sites for hydroxylation is 1. The molecule has 0 radical (unpaired) electrons. The van der Waals surface area contributed by atoms with Gasteiger partial charge in [0.25, 0.3) is 0 Å². The van der Waals surface area contributed by atoms with Crippen molar-refractivity contribution in [2.24, 2.45) is 12.8 Å². The van der Waals surface area contributed by atoms with Gasteiger partial charge < -0.3 is 15.4 Å². The van der Waals surface area contributed by atoms with Crippen LogP contribution in [0.25, 0.3) is 10.9 Å².